The van der Waals surface area contributed by atoms with Crippen molar-refractivity contribution in [2.75, 3.05) is 0 Å². The number of aromatic amines is 1. The molecule has 0 aliphatic rings. The first kappa shape index (κ1) is 16.3. The summed E-state index contributed by atoms with van der Waals surface area (Å²) in [7, 11) is 0. The van der Waals surface area contributed by atoms with Crippen LogP contribution >= 0.6 is 11.6 Å². The molecule has 6 heteroatoms. The van der Waals surface area contributed by atoms with Gasteiger partial charge in [-0.1, -0.05) is 29.8 Å². The molecule has 4 aromatic rings. The topological polar surface area (TPSA) is 55.0 Å². The van der Waals surface area contributed by atoms with Crippen molar-refractivity contribution >= 4 is 22.5 Å². The van der Waals surface area contributed by atoms with E-state index in [0.29, 0.717) is 21.7 Å². The van der Waals surface area contributed by atoms with Crippen LogP contribution in [0.5, 0.6) is 11.5 Å². The van der Waals surface area contributed by atoms with Gasteiger partial charge in [0.2, 0.25) is 0 Å². The molecular weight excluding hydrogens is 355 g/mol. The van der Waals surface area contributed by atoms with Gasteiger partial charge in [-0.25, -0.2) is 9.37 Å². The molecule has 26 heavy (non-hydrogen) atoms. The minimum absolute atomic E-state index is 0.0882. The quantitative estimate of drug-likeness (QED) is 0.544. The van der Waals surface area contributed by atoms with Crippen LogP contribution < -0.4 is 10.3 Å². The van der Waals surface area contributed by atoms with E-state index in [-0.39, 0.29) is 22.7 Å². The lowest BCUT2D eigenvalue weighted by atomic mass is 10.1. The highest BCUT2D eigenvalue weighted by atomic mass is 35.5. The Morgan fingerprint density at radius 2 is 1.73 bits per heavy atom. The molecule has 0 aliphatic carbocycles. The van der Waals surface area contributed by atoms with Crippen molar-refractivity contribution in [1.29, 1.82) is 0 Å². The number of H-pyrrole nitrogens is 1. The van der Waals surface area contributed by atoms with E-state index in [1.54, 1.807) is 54.6 Å². The van der Waals surface area contributed by atoms with Gasteiger partial charge in [0.05, 0.1) is 16.5 Å². The average molecular weight is 367 g/mol. The monoisotopic (exact) mass is 366 g/mol. The Bertz CT molecular complexity index is 1160. The molecule has 0 saturated carbocycles. The molecule has 128 valence electrons. The lowest BCUT2D eigenvalue weighted by Gasteiger charge is -2.12. The Kier molecular flexibility index (Phi) is 4.14. The van der Waals surface area contributed by atoms with Crippen LogP contribution in [0.25, 0.3) is 22.3 Å². The van der Waals surface area contributed by atoms with Crippen LogP contribution in [0.4, 0.5) is 4.39 Å². The highest BCUT2D eigenvalue weighted by molar-refractivity contribution is 6.30. The molecule has 1 aromatic heterocycles. The van der Waals surface area contributed by atoms with Crippen LogP contribution in [0.1, 0.15) is 0 Å². The van der Waals surface area contributed by atoms with Crippen molar-refractivity contribution in [1.82, 2.24) is 9.97 Å². The largest absolute Gasteiger partial charge is 0.456 e. The standard InChI is InChI=1S/C20H12ClFN2O2/c21-12-8-10-13(11-9-12)26-17-7-3-5-15(22)18(17)19-23-16-6-2-1-4-14(16)20(25)24-19/h1-11H,(H,23,24,25). The van der Waals surface area contributed by atoms with Gasteiger partial charge in [-0.2, -0.15) is 0 Å². The fourth-order valence-corrected chi connectivity index (χ4v) is 2.78. The fourth-order valence-electron chi connectivity index (χ4n) is 2.65. The van der Waals surface area contributed by atoms with Crippen LogP contribution in [0, 0.1) is 5.82 Å². The fraction of sp³-hybridized carbons (Fsp3) is 0. The first-order valence-electron chi connectivity index (χ1n) is 7.83. The summed E-state index contributed by atoms with van der Waals surface area (Å²) in [5.74, 6) is 0.292. The molecule has 1 heterocycles. The van der Waals surface area contributed by atoms with E-state index < -0.39 is 5.82 Å². The molecule has 0 spiro atoms. The van der Waals surface area contributed by atoms with Crippen LogP contribution in [-0.2, 0) is 0 Å². The zero-order valence-electron chi connectivity index (χ0n) is 13.4. The lowest BCUT2D eigenvalue weighted by molar-refractivity contribution is 0.479. The molecule has 3 aromatic carbocycles. The van der Waals surface area contributed by atoms with E-state index in [9.17, 15) is 9.18 Å². The lowest BCUT2D eigenvalue weighted by Crippen LogP contribution is -2.10. The maximum atomic E-state index is 14.6. The number of nitrogens with zero attached hydrogens (tertiary/aromatic N) is 1. The molecule has 1 N–H and O–H groups in total. The van der Waals surface area contributed by atoms with Crippen LogP contribution in [0.15, 0.2) is 71.5 Å². The van der Waals surface area contributed by atoms with Crippen LogP contribution in [0.3, 0.4) is 0 Å². The predicted molar refractivity (Wildman–Crippen MR) is 99.3 cm³/mol. The number of aromatic nitrogens is 2. The number of hydrogen-bond acceptors (Lipinski definition) is 3. The highest BCUT2D eigenvalue weighted by Crippen LogP contribution is 2.34. The summed E-state index contributed by atoms with van der Waals surface area (Å²) >= 11 is 5.87. The third kappa shape index (κ3) is 3.05. The Morgan fingerprint density at radius 1 is 0.962 bits per heavy atom. The van der Waals surface area contributed by atoms with Gasteiger partial charge in [-0.05, 0) is 48.5 Å². The zero-order valence-corrected chi connectivity index (χ0v) is 14.1. The van der Waals surface area contributed by atoms with E-state index in [4.69, 9.17) is 16.3 Å². The van der Waals surface area contributed by atoms with E-state index >= 15 is 0 Å². The predicted octanol–water partition coefficient (Wildman–Crippen LogP) is 5.17. The molecule has 4 rings (SSSR count). The van der Waals surface area contributed by atoms with Crippen molar-refractivity contribution in [3.63, 3.8) is 0 Å². The number of fused-ring (bicyclic) bond motifs is 1. The number of nitrogens with one attached hydrogen (secondary N) is 1. The highest BCUT2D eigenvalue weighted by Gasteiger charge is 2.16. The summed E-state index contributed by atoms with van der Waals surface area (Å²) in [6.45, 7) is 0. The number of ether oxygens (including phenoxy) is 1. The van der Waals surface area contributed by atoms with E-state index in [0.717, 1.165) is 0 Å². The van der Waals surface area contributed by atoms with Gasteiger partial charge < -0.3 is 9.72 Å². The SMILES string of the molecule is O=c1[nH]c(-c2c(F)cccc2Oc2ccc(Cl)cc2)nc2ccccc12. The first-order chi connectivity index (χ1) is 12.6. The number of benzene rings is 3. The molecule has 0 bridgehead atoms. The molecular formula is C20H12ClFN2O2. The molecule has 4 nitrogen and oxygen atoms in total. The van der Waals surface area contributed by atoms with Crippen molar-refractivity contribution in [3.05, 3.63) is 87.9 Å². The van der Waals surface area contributed by atoms with Crippen molar-refractivity contribution in [2.24, 2.45) is 0 Å². The van der Waals surface area contributed by atoms with Gasteiger partial charge in [0, 0.05) is 5.02 Å². The van der Waals surface area contributed by atoms with Crippen molar-refractivity contribution in [2.45, 2.75) is 0 Å². The second-order valence-electron chi connectivity index (χ2n) is 5.60. The second-order valence-corrected chi connectivity index (χ2v) is 6.04. The summed E-state index contributed by atoms with van der Waals surface area (Å²) in [5, 5.41) is 1.00. The molecule has 0 aliphatic heterocycles. The minimum atomic E-state index is -0.546. The van der Waals surface area contributed by atoms with E-state index in [1.807, 2.05) is 0 Å². The smallest absolute Gasteiger partial charge is 0.259 e. The van der Waals surface area contributed by atoms with Gasteiger partial charge in [-0.15, -0.1) is 0 Å². The second kappa shape index (κ2) is 6.61. The van der Waals surface area contributed by atoms with Crippen molar-refractivity contribution < 1.29 is 9.13 Å². The molecule has 0 unspecified atom stereocenters. The maximum absolute atomic E-state index is 14.6. The van der Waals surface area contributed by atoms with E-state index in [2.05, 4.69) is 9.97 Å². The third-order valence-electron chi connectivity index (χ3n) is 3.87. The number of para-hydroxylation sites is 1. The minimum Gasteiger partial charge on any atom is -0.456 e. The normalized spacial score (nSPS) is 10.8. The Hall–Kier alpha value is -3.18. The molecule has 0 amide bonds. The summed E-state index contributed by atoms with van der Waals surface area (Å²) in [6.07, 6.45) is 0. The van der Waals surface area contributed by atoms with Gasteiger partial charge in [0.15, 0.2) is 0 Å². The van der Waals surface area contributed by atoms with Gasteiger partial charge in [-0.3, -0.25) is 4.79 Å². The molecule has 0 saturated heterocycles. The van der Waals surface area contributed by atoms with Crippen LogP contribution in [0.2, 0.25) is 5.02 Å². The Labute approximate surface area is 152 Å². The Balaban J connectivity index is 1.86. The van der Waals surface area contributed by atoms with Crippen LogP contribution in [-0.4, -0.2) is 9.97 Å². The summed E-state index contributed by atoms with van der Waals surface area (Å²) in [5.41, 5.74) is 0.226. The number of halogens is 2. The maximum Gasteiger partial charge on any atom is 0.259 e. The van der Waals surface area contributed by atoms with Gasteiger partial charge in [0.25, 0.3) is 5.56 Å². The molecule has 0 radical (unpaired) electrons. The summed E-state index contributed by atoms with van der Waals surface area (Å²) < 4.78 is 20.4. The van der Waals surface area contributed by atoms with Crippen molar-refractivity contribution in [3.8, 4) is 22.9 Å². The molecule has 0 atom stereocenters. The zero-order chi connectivity index (χ0) is 18.1. The molecule has 0 fully saturated rings. The first-order valence-corrected chi connectivity index (χ1v) is 8.21. The summed E-state index contributed by atoms with van der Waals surface area (Å²) in [4.78, 5) is 19.3. The third-order valence-corrected chi connectivity index (χ3v) is 4.12. The number of rotatable bonds is 3. The van der Waals surface area contributed by atoms with Gasteiger partial charge >= 0.3 is 0 Å². The van der Waals surface area contributed by atoms with Gasteiger partial charge in [0.1, 0.15) is 23.1 Å². The average Bonchev–Trinajstić information content (AvgIpc) is 2.64. The Morgan fingerprint density at radius 3 is 2.54 bits per heavy atom. The number of hydrogen-bond donors (Lipinski definition) is 1. The van der Waals surface area contributed by atoms with E-state index in [1.165, 1.54) is 12.1 Å². The summed E-state index contributed by atoms with van der Waals surface area (Å²) in [6, 6.07) is 18.0.